The first-order valence-electron chi connectivity index (χ1n) is 5.98. The van der Waals surface area contributed by atoms with Crippen molar-refractivity contribution in [2.45, 2.75) is 25.0 Å². The second-order valence-electron chi connectivity index (χ2n) is 4.33. The number of hydrogen-bond donors (Lipinski definition) is 2. The molecule has 1 aromatic carbocycles. The third-order valence-electron chi connectivity index (χ3n) is 2.83. The SMILES string of the molecule is Cc1ccc(CNS(=O)(=O)c2ccc(Cl)c(CO)c2Cl)o1. The predicted octanol–water partition coefficient (Wildman–Crippen LogP) is 2.87. The lowest BCUT2D eigenvalue weighted by Crippen LogP contribution is -2.23. The van der Waals surface area contributed by atoms with Crippen molar-refractivity contribution in [1.29, 1.82) is 0 Å². The van der Waals surface area contributed by atoms with Crippen LogP contribution in [-0.4, -0.2) is 13.5 Å². The van der Waals surface area contributed by atoms with Gasteiger partial charge in [0.15, 0.2) is 0 Å². The van der Waals surface area contributed by atoms with Crippen molar-refractivity contribution >= 4 is 33.2 Å². The zero-order chi connectivity index (χ0) is 15.6. The highest BCUT2D eigenvalue weighted by Crippen LogP contribution is 2.31. The molecule has 0 radical (unpaired) electrons. The van der Waals surface area contributed by atoms with Crippen molar-refractivity contribution in [2.75, 3.05) is 0 Å². The molecule has 0 saturated heterocycles. The van der Waals surface area contributed by atoms with Crippen LogP contribution in [0.25, 0.3) is 0 Å². The zero-order valence-electron chi connectivity index (χ0n) is 11.1. The highest BCUT2D eigenvalue weighted by atomic mass is 35.5. The summed E-state index contributed by atoms with van der Waals surface area (Å²) in [5, 5.41) is 9.32. The Balaban J connectivity index is 2.27. The molecule has 21 heavy (non-hydrogen) atoms. The van der Waals surface area contributed by atoms with Gasteiger partial charge in [0.2, 0.25) is 10.0 Å². The monoisotopic (exact) mass is 349 g/mol. The van der Waals surface area contributed by atoms with Crippen LogP contribution in [0.4, 0.5) is 0 Å². The first-order valence-corrected chi connectivity index (χ1v) is 8.22. The van der Waals surface area contributed by atoms with Gasteiger partial charge < -0.3 is 9.52 Å². The lowest BCUT2D eigenvalue weighted by Gasteiger charge is -2.11. The van der Waals surface area contributed by atoms with Crippen molar-refractivity contribution in [3.8, 4) is 0 Å². The molecule has 2 rings (SSSR count). The summed E-state index contributed by atoms with van der Waals surface area (Å²) in [6, 6.07) is 6.09. The van der Waals surface area contributed by atoms with Gasteiger partial charge in [-0.1, -0.05) is 23.2 Å². The van der Waals surface area contributed by atoms with Gasteiger partial charge in [0.05, 0.1) is 18.2 Å². The van der Waals surface area contributed by atoms with Crippen molar-refractivity contribution < 1.29 is 17.9 Å². The number of nitrogens with one attached hydrogen (secondary N) is 1. The van der Waals surface area contributed by atoms with Gasteiger partial charge in [-0.25, -0.2) is 13.1 Å². The van der Waals surface area contributed by atoms with E-state index in [0.717, 1.165) is 0 Å². The molecular weight excluding hydrogens is 337 g/mol. The summed E-state index contributed by atoms with van der Waals surface area (Å²) < 4.78 is 32.2. The molecule has 0 unspecified atom stereocenters. The molecule has 1 aromatic heterocycles. The molecule has 0 bridgehead atoms. The minimum absolute atomic E-state index is 0.00356. The normalized spacial score (nSPS) is 11.8. The lowest BCUT2D eigenvalue weighted by atomic mass is 10.2. The fourth-order valence-electron chi connectivity index (χ4n) is 1.75. The van der Waals surface area contributed by atoms with E-state index >= 15 is 0 Å². The summed E-state index contributed by atoms with van der Waals surface area (Å²) in [5.74, 6) is 1.18. The number of hydrogen-bond acceptors (Lipinski definition) is 4. The Labute approximate surface area is 132 Å². The van der Waals surface area contributed by atoms with Crippen molar-refractivity contribution in [3.63, 3.8) is 0 Å². The Bertz CT molecular complexity index is 756. The maximum Gasteiger partial charge on any atom is 0.242 e. The van der Waals surface area contributed by atoms with E-state index in [0.29, 0.717) is 11.5 Å². The van der Waals surface area contributed by atoms with E-state index in [2.05, 4.69) is 4.72 Å². The predicted molar refractivity (Wildman–Crippen MR) is 79.9 cm³/mol. The van der Waals surface area contributed by atoms with Crippen LogP contribution < -0.4 is 4.72 Å². The van der Waals surface area contributed by atoms with Crippen LogP contribution in [0.15, 0.2) is 33.6 Å². The van der Waals surface area contributed by atoms with Crippen molar-refractivity contribution in [3.05, 3.63) is 51.4 Å². The second-order valence-corrected chi connectivity index (χ2v) is 6.85. The summed E-state index contributed by atoms with van der Waals surface area (Å²) in [5.41, 5.74) is 0.176. The number of aliphatic hydroxyl groups is 1. The smallest absolute Gasteiger partial charge is 0.242 e. The summed E-state index contributed by atoms with van der Waals surface area (Å²) in [7, 11) is -3.84. The molecule has 0 atom stereocenters. The molecule has 0 aliphatic heterocycles. The average Bonchev–Trinajstić information content (AvgIpc) is 2.83. The summed E-state index contributed by atoms with van der Waals surface area (Å²) in [4.78, 5) is -0.138. The second kappa shape index (κ2) is 6.37. The number of sulfonamides is 1. The maximum absolute atomic E-state index is 12.3. The van der Waals surface area contributed by atoms with Crippen LogP contribution >= 0.6 is 23.2 Å². The van der Waals surface area contributed by atoms with Gasteiger partial charge in [-0.2, -0.15) is 0 Å². The number of furan rings is 1. The summed E-state index contributed by atoms with van der Waals surface area (Å²) >= 11 is 11.9. The van der Waals surface area contributed by atoms with Crippen LogP contribution in [0.2, 0.25) is 10.0 Å². The topological polar surface area (TPSA) is 79.5 Å². The summed E-state index contributed by atoms with van der Waals surface area (Å²) in [6.45, 7) is 1.32. The van der Waals surface area contributed by atoms with Crippen molar-refractivity contribution in [2.24, 2.45) is 0 Å². The molecule has 2 N–H and O–H groups in total. The molecule has 5 nitrogen and oxygen atoms in total. The minimum atomic E-state index is -3.84. The highest BCUT2D eigenvalue weighted by molar-refractivity contribution is 7.89. The molecule has 0 aliphatic carbocycles. The van der Waals surface area contributed by atoms with Crippen LogP contribution in [0.3, 0.4) is 0 Å². The lowest BCUT2D eigenvalue weighted by molar-refractivity contribution is 0.281. The number of aryl methyl sites for hydroxylation is 1. The van der Waals surface area contributed by atoms with Gasteiger partial charge in [-0.05, 0) is 31.2 Å². The number of aliphatic hydroxyl groups excluding tert-OH is 1. The zero-order valence-corrected chi connectivity index (χ0v) is 13.4. The fraction of sp³-hybridized carbons (Fsp3) is 0.231. The molecule has 114 valence electrons. The fourth-order valence-corrected chi connectivity index (χ4v) is 3.64. The van der Waals surface area contributed by atoms with Crippen molar-refractivity contribution in [1.82, 2.24) is 4.72 Å². The molecule has 0 amide bonds. The Morgan fingerprint density at radius 1 is 1.24 bits per heavy atom. The van der Waals surface area contributed by atoms with Gasteiger partial charge in [-0.3, -0.25) is 0 Å². The quantitative estimate of drug-likeness (QED) is 0.869. The van der Waals surface area contributed by atoms with Gasteiger partial charge in [0.1, 0.15) is 16.4 Å². The molecule has 0 spiro atoms. The first-order chi connectivity index (χ1) is 9.85. The van der Waals surface area contributed by atoms with Crippen LogP contribution in [0, 0.1) is 6.92 Å². The number of rotatable bonds is 5. The van der Waals surface area contributed by atoms with Gasteiger partial charge in [-0.15, -0.1) is 0 Å². The Morgan fingerprint density at radius 2 is 1.95 bits per heavy atom. The largest absolute Gasteiger partial charge is 0.465 e. The maximum atomic E-state index is 12.3. The Hall–Kier alpha value is -1.05. The van der Waals surface area contributed by atoms with E-state index in [4.69, 9.17) is 27.6 Å². The standard InChI is InChI=1S/C13H13Cl2NO4S/c1-8-2-3-9(20-8)6-16-21(18,19)12-5-4-11(14)10(7-17)13(12)15/h2-5,16-17H,6-7H2,1H3. The number of halogens is 2. The van der Waals surface area contributed by atoms with E-state index in [1.165, 1.54) is 12.1 Å². The summed E-state index contributed by atoms with van der Waals surface area (Å²) in [6.07, 6.45) is 0. The molecule has 0 aliphatic rings. The Kier molecular flexibility index (Phi) is 4.95. The molecule has 1 heterocycles. The third-order valence-corrected chi connectivity index (χ3v) is 5.17. The average molecular weight is 350 g/mol. The van der Waals surface area contributed by atoms with E-state index in [9.17, 15) is 13.5 Å². The first kappa shape index (κ1) is 16.3. The molecule has 2 aromatic rings. The number of benzene rings is 1. The molecule has 0 fully saturated rings. The van der Waals surface area contributed by atoms with Gasteiger partial charge in [0, 0.05) is 10.6 Å². The Morgan fingerprint density at radius 3 is 2.52 bits per heavy atom. The van der Waals surface area contributed by atoms with E-state index in [1.54, 1.807) is 19.1 Å². The minimum Gasteiger partial charge on any atom is -0.465 e. The molecular formula is C13H13Cl2NO4S. The molecule has 0 saturated carbocycles. The van der Waals surface area contributed by atoms with E-state index in [-0.39, 0.29) is 27.0 Å². The third kappa shape index (κ3) is 3.59. The van der Waals surface area contributed by atoms with Gasteiger partial charge in [0.25, 0.3) is 0 Å². The van der Waals surface area contributed by atoms with Crippen LogP contribution in [0.5, 0.6) is 0 Å². The van der Waals surface area contributed by atoms with E-state index in [1.807, 2.05) is 0 Å². The van der Waals surface area contributed by atoms with Crippen LogP contribution in [-0.2, 0) is 23.2 Å². The van der Waals surface area contributed by atoms with Crippen LogP contribution in [0.1, 0.15) is 17.1 Å². The van der Waals surface area contributed by atoms with E-state index < -0.39 is 16.6 Å². The van der Waals surface area contributed by atoms with Gasteiger partial charge >= 0.3 is 0 Å². The molecule has 8 heteroatoms. The highest BCUT2D eigenvalue weighted by Gasteiger charge is 2.21.